The van der Waals surface area contributed by atoms with Crippen molar-refractivity contribution >= 4 is 17.3 Å². The van der Waals surface area contributed by atoms with Gasteiger partial charge in [-0.1, -0.05) is 12.1 Å². The molecule has 0 atom stereocenters. The van der Waals surface area contributed by atoms with E-state index in [1.807, 2.05) is 12.3 Å². The molecule has 0 aliphatic carbocycles. The molecule has 2 heterocycles. The zero-order valence-corrected chi connectivity index (χ0v) is 16.4. The second-order valence-corrected chi connectivity index (χ2v) is 6.87. The van der Waals surface area contributed by atoms with Crippen molar-refractivity contribution in [2.75, 3.05) is 56.2 Å². The lowest BCUT2D eigenvalue weighted by Gasteiger charge is -2.38. The molecule has 1 N–H and O–H groups in total. The molecule has 1 saturated heterocycles. The average molecular weight is 368 g/mol. The molecule has 0 spiro atoms. The fourth-order valence-electron chi connectivity index (χ4n) is 3.38. The minimum Gasteiger partial charge on any atom is -0.383 e. The summed E-state index contributed by atoms with van der Waals surface area (Å²) < 4.78 is 4.97. The first-order valence-electron chi connectivity index (χ1n) is 9.38. The quantitative estimate of drug-likeness (QED) is 0.794. The second-order valence-electron chi connectivity index (χ2n) is 6.87. The number of anilines is 2. The number of carbonyl (C=O) groups is 1. The summed E-state index contributed by atoms with van der Waals surface area (Å²) in [7, 11) is 1.62. The van der Waals surface area contributed by atoms with Gasteiger partial charge in [-0.05, 0) is 37.1 Å². The smallest absolute Gasteiger partial charge is 0.253 e. The standard InChI is InChI=1S/C21H28N4O2/c1-16-5-4-6-20(17(16)2)25-10-8-24(9-11-25)19-13-18(14-22-15-19)21(26)23-7-12-27-3/h4-6,13-15H,7-12H2,1-3H3,(H,23,26). The van der Waals surface area contributed by atoms with E-state index in [2.05, 4.69) is 52.1 Å². The van der Waals surface area contributed by atoms with Crippen molar-refractivity contribution < 1.29 is 9.53 Å². The van der Waals surface area contributed by atoms with Crippen molar-refractivity contribution in [2.45, 2.75) is 13.8 Å². The topological polar surface area (TPSA) is 57.7 Å². The predicted octanol–water partition coefficient (Wildman–Crippen LogP) is 2.40. The third kappa shape index (κ3) is 4.57. The Morgan fingerprint density at radius 2 is 1.89 bits per heavy atom. The number of nitrogens with one attached hydrogen (secondary N) is 1. The van der Waals surface area contributed by atoms with Crippen LogP contribution in [0.3, 0.4) is 0 Å². The van der Waals surface area contributed by atoms with Gasteiger partial charge in [0.1, 0.15) is 0 Å². The van der Waals surface area contributed by atoms with Gasteiger partial charge >= 0.3 is 0 Å². The van der Waals surface area contributed by atoms with Crippen molar-refractivity contribution in [3.63, 3.8) is 0 Å². The van der Waals surface area contributed by atoms with Crippen LogP contribution >= 0.6 is 0 Å². The summed E-state index contributed by atoms with van der Waals surface area (Å²) in [6.07, 6.45) is 3.44. The Balaban J connectivity index is 1.63. The first kappa shape index (κ1) is 19.2. The van der Waals surface area contributed by atoms with Crippen LogP contribution in [0.5, 0.6) is 0 Å². The lowest BCUT2D eigenvalue weighted by atomic mass is 10.1. The average Bonchev–Trinajstić information content (AvgIpc) is 2.70. The molecular formula is C21H28N4O2. The van der Waals surface area contributed by atoms with Gasteiger partial charge in [-0.25, -0.2) is 0 Å². The summed E-state index contributed by atoms with van der Waals surface area (Å²) in [5.74, 6) is -0.115. The van der Waals surface area contributed by atoms with E-state index in [4.69, 9.17) is 4.74 Å². The summed E-state index contributed by atoms with van der Waals surface area (Å²) in [5.41, 5.74) is 5.57. The number of methoxy groups -OCH3 is 1. The number of hydrogen-bond acceptors (Lipinski definition) is 5. The fraction of sp³-hybridized carbons (Fsp3) is 0.429. The molecule has 1 aromatic carbocycles. The Hall–Kier alpha value is -2.60. The van der Waals surface area contributed by atoms with Gasteiger partial charge in [0, 0.05) is 51.7 Å². The van der Waals surface area contributed by atoms with Crippen molar-refractivity contribution in [3.8, 4) is 0 Å². The van der Waals surface area contributed by atoms with Crippen LogP contribution in [0.2, 0.25) is 0 Å². The zero-order valence-electron chi connectivity index (χ0n) is 16.4. The van der Waals surface area contributed by atoms with Gasteiger partial charge in [0.15, 0.2) is 0 Å². The van der Waals surface area contributed by atoms with Crippen molar-refractivity contribution in [1.29, 1.82) is 0 Å². The molecule has 6 heteroatoms. The summed E-state index contributed by atoms with van der Waals surface area (Å²) in [5, 5.41) is 2.84. The highest BCUT2D eigenvalue weighted by Crippen LogP contribution is 2.25. The monoisotopic (exact) mass is 368 g/mol. The number of aromatic nitrogens is 1. The van der Waals surface area contributed by atoms with Crippen LogP contribution in [-0.4, -0.2) is 57.3 Å². The molecule has 1 aliphatic heterocycles. The van der Waals surface area contributed by atoms with Crippen LogP contribution < -0.4 is 15.1 Å². The third-order valence-electron chi connectivity index (χ3n) is 5.14. The van der Waals surface area contributed by atoms with Crippen LogP contribution in [0, 0.1) is 13.8 Å². The summed E-state index contributed by atoms with van der Waals surface area (Å²) in [4.78, 5) is 21.2. The lowest BCUT2D eigenvalue weighted by Crippen LogP contribution is -2.46. The zero-order chi connectivity index (χ0) is 19.2. The number of carbonyl (C=O) groups excluding carboxylic acids is 1. The largest absolute Gasteiger partial charge is 0.383 e. The molecule has 27 heavy (non-hydrogen) atoms. The number of hydrogen-bond donors (Lipinski definition) is 1. The summed E-state index contributed by atoms with van der Waals surface area (Å²) in [6, 6.07) is 8.40. The number of benzene rings is 1. The van der Waals surface area contributed by atoms with E-state index in [0.717, 1.165) is 31.9 Å². The number of nitrogens with zero attached hydrogens (tertiary/aromatic N) is 3. The van der Waals surface area contributed by atoms with Gasteiger partial charge in [-0.15, -0.1) is 0 Å². The normalized spacial score (nSPS) is 14.3. The Labute approximate surface area is 161 Å². The first-order chi connectivity index (χ1) is 13.1. The van der Waals surface area contributed by atoms with E-state index >= 15 is 0 Å². The third-order valence-corrected chi connectivity index (χ3v) is 5.14. The van der Waals surface area contributed by atoms with E-state index in [0.29, 0.717) is 18.7 Å². The lowest BCUT2D eigenvalue weighted by molar-refractivity contribution is 0.0936. The maximum Gasteiger partial charge on any atom is 0.253 e. The Kier molecular flexibility index (Phi) is 6.29. The number of pyridine rings is 1. The Morgan fingerprint density at radius 3 is 2.63 bits per heavy atom. The molecule has 0 saturated carbocycles. The van der Waals surface area contributed by atoms with E-state index in [9.17, 15) is 4.79 Å². The number of piperazine rings is 1. The highest BCUT2D eigenvalue weighted by molar-refractivity contribution is 5.94. The Morgan fingerprint density at radius 1 is 1.15 bits per heavy atom. The number of rotatable bonds is 6. The summed E-state index contributed by atoms with van der Waals surface area (Å²) >= 11 is 0. The molecule has 2 aromatic rings. The number of ether oxygens (including phenoxy) is 1. The van der Waals surface area contributed by atoms with Gasteiger partial charge < -0.3 is 19.9 Å². The maximum absolute atomic E-state index is 12.2. The second kappa shape index (κ2) is 8.86. The molecule has 6 nitrogen and oxygen atoms in total. The SMILES string of the molecule is COCCNC(=O)c1cncc(N2CCN(c3cccc(C)c3C)CC2)c1. The molecule has 1 fully saturated rings. The number of aryl methyl sites for hydroxylation is 1. The van der Waals surface area contributed by atoms with Gasteiger partial charge in [0.2, 0.25) is 0 Å². The Bertz CT molecular complexity index is 786. The fourth-order valence-corrected chi connectivity index (χ4v) is 3.38. The molecule has 3 rings (SSSR count). The molecule has 1 aromatic heterocycles. The highest BCUT2D eigenvalue weighted by Gasteiger charge is 2.20. The molecular weight excluding hydrogens is 340 g/mol. The first-order valence-corrected chi connectivity index (χ1v) is 9.38. The minimum absolute atomic E-state index is 0.115. The summed E-state index contributed by atoms with van der Waals surface area (Å²) in [6.45, 7) is 9.06. The van der Waals surface area contributed by atoms with Crippen LogP contribution in [0.25, 0.3) is 0 Å². The van der Waals surface area contributed by atoms with Crippen molar-refractivity contribution in [3.05, 3.63) is 53.3 Å². The van der Waals surface area contributed by atoms with Gasteiger partial charge in [-0.2, -0.15) is 0 Å². The van der Waals surface area contributed by atoms with Gasteiger partial charge in [0.05, 0.1) is 24.1 Å². The maximum atomic E-state index is 12.2. The molecule has 1 amide bonds. The predicted molar refractivity (Wildman–Crippen MR) is 109 cm³/mol. The van der Waals surface area contributed by atoms with E-state index in [1.54, 1.807) is 13.3 Å². The molecule has 0 unspecified atom stereocenters. The molecule has 0 radical (unpaired) electrons. The van der Waals surface area contributed by atoms with Crippen LogP contribution in [0.1, 0.15) is 21.5 Å². The minimum atomic E-state index is -0.115. The van der Waals surface area contributed by atoms with Crippen LogP contribution in [0.4, 0.5) is 11.4 Å². The van der Waals surface area contributed by atoms with Crippen LogP contribution in [-0.2, 0) is 4.74 Å². The van der Waals surface area contributed by atoms with Gasteiger partial charge in [0.25, 0.3) is 5.91 Å². The van der Waals surface area contributed by atoms with E-state index in [1.165, 1.54) is 16.8 Å². The molecule has 0 bridgehead atoms. The van der Waals surface area contributed by atoms with Crippen molar-refractivity contribution in [1.82, 2.24) is 10.3 Å². The van der Waals surface area contributed by atoms with Crippen molar-refractivity contribution in [2.24, 2.45) is 0 Å². The van der Waals surface area contributed by atoms with E-state index < -0.39 is 0 Å². The van der Waals surface area contributed by atoms with Crippen LogP contribution in [0.15, 0.2) is 36.7 Å². The highest BCUT2D eigenvalue weighted by atomic mass is 16.5. The van der Waals surface area contributed by atoms with E-state index in [-0.39, 0.29) is 5.91 Å². The molecule has 144 valence electrons. The van der Waals surface area contributed by atoms with Gasteiger partial charge in [-0.3, -0.25) is 9.78 Å². The number of amides is 1. The molecule has 1 aliphatic rings.